The molecule has 0 spiro atoms. The Kier molecular flexibility index (Phi) is 6.31. The van der Waals surface area contributed by atoms with Crippen LogP contribution < -0.4 is 25.4 Å². The Balaban J connectivity index is 1.49. The summed E-state index contributed by atoms with van der Waals surface area (Å²) in [6.45, 7) is 10.1. The van der Waals surface area contributed by atoms with Gasteiger partial charge in [-0.15, -0.1) is 0 Å². The Morgan fingerprint density at radius 3 is 2.30 bits per heavy atom. The molecule has 0 aromatic heterocycles. The van der Waals surface area contributed by atoms with E-state index in [1.54, 1.807) is 0 Å². The van der Waals surface area contributed by atoms with Crippen molar-refractivity contribution in [3.8, 4) is 11.5 Å². The van der Waals surface area contributed by atoms with Crippen LogP contribution >= 0.6 is 0 Å². The second-order valence-electron chi connectivity index (χ2n) is 8.15. The summed E-state index contributed by atoms with van der Waals surface area (Å²) in [4.78, 5) is 24.5. The van der Waals surface area contributed by atoms with Gasteiger partial charge >= 0.3 is 0 Å². The molecule has 0 fully saturated rings. The van der Waals surface area contributed by atoms with E-state index >= 15 is 0 Å². The molecule has 0 saturated carbocycles. The van der Waals surface area contributed by atoms with E-state index in [4.69, 9.17) is 9.47 Å². The van der Waals surface area contributed by atoms with Gasteiger partial charge in [0.1, 0.15) is 0 Å². The van der Waals surface area contributed by atoms with Gasteiger partial charge in [-0.1, -0.05) is 23.8 Å². The highest BCUT2D eigenvalue weighted by Crippen LogP contribution is 2.35. The monoisotopic (exact) mass is 411 g/mol. The van der Waals surface area contributed by atoms with E-state index in [0.717, 1.165) is 33.7 Å². The Hall–Kier alpha value is -3.06. The van der Waals surface area contributed by atoms with Crippen molar-refractivity contribution in [3.05, 3.63) is 52.6 Å². The maximum Gasteiger partial charge on any atom is 0.243 e. The summed E-state index contributed by atoms with van der Waals surface area (Å²) in [5, 5.41) is 8.77. The van der Waals surface area contributed by atoms with Gasteiger partial charge < -0.3 is 20.1 Å². The molecule has 0 aliphatic carbocycles. The predicted molar refractivity (Wildman–Crippen MR) is 116 cm³/mol. The van der Waals surface area contributed by atoms with Gasteiger partial charge in [-0.05, 0) is 63.4 Å². The van der Waals surface area contributed by atoms with Gasteiger partial charge in [-0.25, -0.2) is 0 Å². The molecule has 2 amide bonds. The first-order valence-corrected chi connectivity index (χ1v) is 9.95. The lowest BCUT2D eigenvalue weighted by Crippen LogP contribution is -2.44. The van der Waals surface area contributed by atoms with Crippen LogP contribution in [0, 0.1) is 20.8 Å². The zero-order valence-electron chi connectivity index (χ0n) is 18.1. The summed E-state index contributed by atoms with van der Waals surface area (Å²) in [5.41, 5.74) is 4.45. The molecule has 2 aromatic carbocycles. The third-order valence-corrected chi connectivity index (χ3v) is 5.17. The zero-order chi connectivity index (χ0) is 21.9. The van der Waals surface area contributed by atoms with Crippen molar-refractivity contribution in [2.75, 3.05) is 25.2 Å². The summed E-state index contributed by atoms with van der Waals surface area (Å²) in [6, 6.07) is 9.75. The Bertz CT molecular complexity index is 946. The number of rotatable bonds is 7. The van der Waals surface area contributed by atoms with Crippen LogP contribution in [0.2, 0.25) is 0 Å². The van der Waals surface area contributed by atoms with Crippen molar-refractivity contribution >= 4 is 17.5 Å². The van der Waals surface area contributed by atoms with Gasteiger partial charge in [-0.2, -0.15) is 0 Å². The number of carbonyl (C=O) groups excluding carboxylic acids is 2. The summed E-state index contributed by atoms with van der Waals surface area (Å²) in [6.07, 6.45) is 0. The number of benzene rings is 2. The van der Waals surface area contributed by atoms with E-state index in [9.17, 15) is 9.59 Å². The van der Waals surface area contributed by atoms with E-state index < -0.39 is 5.54 Å². The fourth-order valence-corrected chi connectivity index (χ4v) is 3.49. The highest BCUT2D eigenvalue weighted by Gasteiger charge is 2.24. The minimum atomic E-state index is -0.462. The molecule has 7 nitrogen and oxygen atoms in total. The average molecular weight is 412 g/mol. The summed E-state index contributed by atoms with van der Waals surface area (Å²) in [5.74, 6) is 0.910. The van der Waals surface area contributed by atoms with Crippen molar-refractivity contribution in [2.45, 2.75) is 40.2 Å². The number of hydrogen-bond acceptors (Lipinski definition) is 5. The van der Waals surface area contributed by atoms with Crippen molar-refractivity contribution in [1.82, 2.24) is 10.6 Å². The second kappa shape index (κ2) is 8.75. The molecule has 30 heavy (non-hydrogen) atoms. The first-order chi connectivity index (χ1) is 14.2. The lowest BCUT2D eigenvalue weighted by Gasteiger charge is -2.27. The minimum Gasteiger partial charge on any atom is -0.454 e. The van der Waals surface area contributed by atoms with Crippen LogP contribution in [0.4, 0.5) is 5.69 Å². The number of anilines is 1. The van der Waals surface area contributed by atoms with Gasteiger partial charge in [0.15, 0.2) is 11.5 Å². The van der Waals surface area contributed by atoms with Crippen molar-refractivity contribution < 1.29 is 19.1 Å². The number of amides is 2. The molecule has 7 heteroatoms. The molecule has 160 valence electrons. The number of nitrogens with one attached hydrogen (secondary N) is 3. The fourth-order valence-electron chi connectivity index (χ4n) is 3.49. The predicted octanol–water partition coefficient (Wildman–Crippen LogP) is 2.92. The maximum atomic E-state index is 12.3. The summed E-state index contributed by atoms with van der Waals surface area (Å²) in [7, 11) is 0. The average Bonchev–Trinajstić information content (AvgIpc) is 3.15. The minimum absolute atomic E-state index is 0.0807. The quantitative estimate of drug-likeness (QED) is 0.652. The van der Waals surface area contributed by atoms with E-state index in [2.05, 4.69) is 16.0 Å². The Labute approximate surface area is 177 Å². The Morgan fingerprint density at radius 2 is 1.60 bits per heavy atom. The largest absolute Gasteiger partial charge is 0.454 e. The fraction of sp³-hybridized carbons (Fsp3) is 0.391. The van der Waals surface area contributed by atoms with E-state index in [1.807, 2.05) is 65.0 Å². The maximum absolute atomic E-state index is 12.3. The van der Waals surface area contributed by atoms with Crippen LogP contribution in [0.15, 0.2) is 30.3 Å². The third-order valence-electron chi connectivity index (χ3n) is 5.17. The van der Waals surface area contributed by atoms with E-state index in [-0.39, 0.29) is 31.7 Å². The highest BCUT2D eigenvalue weighted by molar-refractivity contribution is 5.96. The molecule has 3 N–H and O–H groups in total. The molecule has 1 aliphatic heterocycles. The van der Waals surface area contributed by atoms with Crippen molar-refractivity contribution in [1.29, 1.82) is 0 Å². The number of carbonyl (C=O) groups is 2. The topological polar surface area (TPSA) is 88.7 Å². The van der Waals surface area contributed by atoms with Gasteiger partial charge in [0.2, 0.25) is 18.6 Å². The van der Waals surface area contributed by atoms with Crippen LogP contribution in [0.5, 0.6) is 11.5 Å². The molecule has 0 bridgehead atoms. The van der Waals surface area contributed by atoms with Gasteiger partial charge in [0.25, 0.3) is 0 Å². The first-order valence-electron chi connectivity index (χ1n) is 9.95. The van der Waals surface area contributed by atoms with E-state index in [0.29, 0.717) is 5.75 Å². The molecule has 2 aromatic rings. The summed E-state index contributed by atoms with van der Waals surface area (Å²) < 4.78 is 10.8. The zero-order valence-corrected chi connectivity index (χ0v) is 18.1. The lowest BCUT2D eigenvalue weighted by atomic mass is 9.94. The first kappa shape index (κ1) is 21.6. The molecule has 1 aliphatic rings. The number of ether oxygens (including phenoxy) is 2. The standard InChI is InChI=1S/C23H29N3O4/c1-14-8-15(2)22(16(3)9-14)26-21(28)11-24-20(27)12-25-23(4,5)17-6-7-18-19(10-17)30-13-29-18/h6-10,25H,11-13H2,1-5H3,(H,24,27)(H,26,28). The third kappa shape index (κ3) is 5.10. The SMILES string of the molecule is Cc1cc(C)c(NC(=O)CNC(=O)CNC(C)(C)c2ccc3c(c2)OCO3)c(C)c1. The molecule has 0 atom stereocenters. The molecular formula is C23H29N3O4. The van der Waals surface area contributed by atoms with Crippen LogP contribution in [0.25, 0.3) is 0 Å². The second-order valence-corrected chi connectivity index (χ2v) is 8.15. The number of fused-ring (bicyclic) bond motifs is 1. The normalized spacial score (nSPS) is 12.6. The lowest BCUT2D eigenvalue weighted by molar-refractivity contribution is -0.123. The Morgan fingerprint density at radius 1 is 0.933 bits per heavy atom. The van der Waals surface area contributed by atoms with Crippen LogP contribution in [-0.2, 0) is 15.1 Å². The molecule has 0 unspecified atom stereocenters. The number of aryl methyl sites for hydroxylation is 3. The van der Waals surface area contributed by atoms with Crippen molar-refractivity contribution in [2.24, 2.45) is 0 Å². The van der Waals surface area contributed by atoms with Crippen LogP contribution in [0.3, 0.4) is 0 Å². The number of hydrogen-bond donors (Lipinski definition) is 3. The van der Waals surface area contributed by atoms with Gasteiger partial charge in [0, 0.05) is 11.2 Å². The van der Waals surface area contributed by atoms with E-state index in [1.165, 1.54) is 0 Å². The van der Waals surface area contributed by atoms with Gasteiger partial charge in [0.05, 0.1) is 13.1 Å². The van der Waals surface area contributed by atoms with Gasteiger partial charge in [-0.3, -0.25) is 14.9 Å². The molecule has 0 radical (unpaired) electrons. The van der Waals surface area contributed by atoms with Crippen LogP contribution in [-0.4, -0.2) is 31.7 Å². The molecule has 3 rings (SSSR count). The van der Waals surface area contributed by atoms with Crippen LogP contribution in [0.1, 0.15) is 36.1 Å². The highest BCUT2D eigenvalue weighted by atomic mass is 16.7. The molecule has 1 heterocycles. The smallest absolute Gasteiger partial charge is 0.243 e. The summed E-state index contributed by atoms with van der Waals surface area (Å²) >= 11 is 0. The van der Waals surface area contributed by atoms with Crippen molar-refractivity contribution in [3.63, 3.8) is 0 Å². The molecule has 0 saturated heterocycles. The molecular weight excluding hydrogens is 382 g/mol.